The Bertz CT molecular complexity index is 411. The van der Waals surface area contributed by atoms with E-state index in [0.717, 1.165) is 25.7 Å². The summed E-state index contributed by atoms with van der Waals surface area (Å²) in [4.78, 5) is 13.8. The van der Waals surface area contributed by atoms with E-state index in [1.807, 2.05) is 0 Å². The number of aliphatic hydroxyl groups is 1. The van der Waals surface area contributed by atoms with Crippen LogP contribution in [0.25, 0.3) is 0 Å². The number of rotatable bonds is 0. The second-order valence-corrected chi connectivity index (χ2v) is 6.94. The van der Waals surface area contributed by atoms with Crippen molar-refractivity contribution in [2.24, 2.45) is 5.92 Å². The van der Waals surface area contributed by atoms with Crippen molar-refractivity contribution in [1.82, 2.24) is 4.90 Å². The predicted molar refractivity (Wildman–Crippen MR) is 64.7 cm³/mol. The molecule has 4 saturated heterocycles. The predicted octanol–water partition coefficient (Wildman–Crippen LogP) is -0.323. The minimum Gasteiger partial charge on any atom is -0.393 e. The van der Waals surface area contributed by atoms with Gasteiger partial charge in [-0.05, 0) is 25.7 Å². The summed E-state index contributed by atoms with van der Waals surface area (Å²) in [6, 6.07) is 1.01. The van der Waals surface area contributed by atoms with E-state index in [-0.39, 0.29) is 6.10 Å². The molecule has 4 aliphatic rings. The van der Waals surface area contributed by atoms with Gasteiger partial charge in [-0.1, -0.05) is 0 Å². The van der Waals surface area contributed by atoms with E-state index >= 15 is 0 Å². The molecule has 5 atom stereocenters. The summed E-state index contributed by atoms with van der Waals surface area (Å²) >= 11 is 0. The van der Waals surface area contributed by atoms with E-state index in [0.29, 0.717) is 36.6 Å². The molecule has 4 bridgehead atoms. The molecule has 0 radical (unpaired) electrons. The summed E-state index contributed by atoms with van der Waals surface area (Å²) < 4.78 is 25.9. The molecule has 7 heteroatoms. The summed E-state index contributed by atoms with van der Waals surface area (Å²) in [6.45, 7) is 0.659. The zero-order chi connectivity index (χ0) is 13.5. The highest BCUT2D eigenvalue weighted by Crippen LogP contribution is 2.41. The fourth-order valence-electron chi connectivity index (χ4n) is 3.34. The molecule has 4 rings (SSSR count). The maximum atomic E-state index is 11.5. The van der Waals surface area contributed by atoms with Crippen molar-refractivity contribution in [3.05, 3.63) is 0 Å². The van der Waals surface area contributed by atoms with E-state index in [9.17, 15) is 18.3 Å². The number of hydrogen-bond acceptors (Lipinski definition) is 5. The molecule has 4 fully saturated rings. The first-order chi connectivity index (χ1) is 8.24. The summed E-state index contributed by atoms with van der Waals surface area (Å²) in [5.74, 6) is 0.761. The lowest BCUT2D eigenvalue weighted by atomic mass is 9.72. The van der Waals surface area contributed by atoms with Gasteiger partial charge in [0.2, 0.25) is 0 Å². The van der Waals surface area contributed by atoms with Crippen LogP contribution in [0.4, 0.5) is 0 Å². The Labute approximate surface area is 107 Å². The van der Waals surface area contributed by atoms with Gasteiger partial charge in [0.15, 0.2) is 0 Å². The Morgan fingerprint density at radius 1 is 1.17 bits per heavy atom. The summed E-state index contributed by atoms with van der Waals surface area (Å²) in [6.07, 6.45) is 4.40. The van der Waals surface area contributed by atoms with Crippen molar-refractivity contribution in [2.45, 2.75) is 43.9 Å². The maximum Gasteiger partial charge on any atom is 0.261 e. The van der Waals surface area contributed by atoms with Crippen LogP contribution in [-0.4, -0.2) is 59.7 Å². The van der Waals surface area contributed by atoms with Gasteiger partial charge in [-0.3, -0.25) is 14.2 Å². The normalized spacial score (nSPS) is 42.2. The highest BCUT2D eigenvalue weighted by atomic mass is 32.2. The molecule has 0 amide bonds. The number of hydrogen-bond donors (Lipinski definition) is 2. The average Bonchev–Trinajstić information content (AvgIpc) is 2.15. The zero-order valence-electron chi connectivity index (χ0n) is 10.3. The van der Waals surface area contributed by atoms with Crippen LogP contribution >= 0.6 is 0 Å². The molecule has 0 aromatic rings. The summed E-state index contributed by atoms with van der Waals surface area (Å²) in [7, 11) is -3.67. The number of fused-ring (bicyclic) bond motifs is 1. The van der Waals surface area contributed by atoms with Crippen molar-refractivity contribution >= 4 is 15.9 Å². The molecule has 104 valence electrons. The number of piperidine rings is 4. The van der Waals surface area contributed by atoms with Gasteiger partial charge in [0.1, 0.15) is 5.78 Å². The van der Waals surface area contributed by atoms with Crippen LogP contribution in [0.1, 0.15) is 25.7 Å². The maximum absolute atomic E-state index is 11.5. The van der Waals surface area contributed by atoms with Gasteiger partial charge in [0.25, 0.3) is 10.1 Å². The van der Waals surface area contributed by atoms with Gasteiger partial charge in [0.05, 0.1) is 18.9 Å². The molecule has 4 aliphatic heterocycles. The fourth-order valence-corrected chi connectivity index (χ4v) is 3.34. The van der Waals surface area contributed by atoms with Crippen LogP contribution in [0.5, 0.6) is 0 Å². The quantitative estimate of drug-likeness (QED) is 0.589. The van der Waals surface area contributed by atoms with Crippen LogP contribution in [-0.2, 0) is 14.9 Å². The molecule has 0 aromatic heterocycles. The van der Waals surface area contributed by atoms with Gasteiger partial charge in [-0.2, -0.15) is 8.42 Å². The molecule has 0 spiro atoms. The third-order valence-corrected chi connectivity index (χ3v) is 3.93. The van der Waals surface area contributed by atoms with E-state index in [1.165, 1.54) is 0 Å². The Balaban J connectivity index is 0.000000209. The minimum atomic E-state index is -3.67. The molecule has 2 N–H and O–H groups in total. The molecule has 0 aromatic carbocycles. The molecular formula is C11H19NO5S. The number of carbonyl (C=O) groups is 1. The summed E-state index contributed by atoms with van der Waals surface area (Å²) in [5, 5.41) is 9.60. The number of ketones is 1. The highest BCUT2D eigenvalue weighted by Gasteiger charge is 2.48. The number of aliphatic hydroxyl groups excluding tert-OH is 1. The van der Waals surface area contributed by atoms with Crippen molar-refractivity contribution < 1.29 is 22.9 Å². The van der Waals surface area contributed by atoms with Crippen molar-refractivity contribution in [2.75, 3.05) is 12.8 Å². The van der Waals surface area contributed by atoms with Crippen LogP contribution in [0.15, 0.2) is 0 Å². The highest BCUT2D eigenvalue weighted by molar-refractivity contribution is 7.85. The summed E-state index contributed by atoms with van der Waals surface area (Å²) in [5.41, 5.74) is 0. The molecule has 3 unspecified atom stereocenters. The lowest BCUT2D eigenvalue weighted by Gasteiger charge is -2.53. The van der Waals surface area contributed by atoms with Gasteiger partial charge >= 0.3 is 0 Å². The van der Waals surface area contributed by atoms with E-state index in [2.05, 4.69) is 4.90 Å². The van der Waals surface area contributed by atoms with Gasteiger partial charge < -0.3 is 5.11 Å². The third kappa shape index (κ3) is 3.28. The number of Topliss-reactive ketones (excluding diaryl/α,β-unsaturated/α-hetero) is 1. The van der Waals surface area contributed by atoms with Crippen LogP contribution < -0.4 is 0 Å². The number of nitrogens with zero attached hydrogens (tertiary/aromatic N) is 1. The second kappa shape index (κ2) is 4.88. The standard InChI is InChI=1S/C10H15NO2.CH4O3S/c12-9-3-7-1-6-2-8(4-9)11(7)5-10(6)13;1-5(2,3)4/h6-9,12H,1-5H2;1H3,(H,2,3,4)/t6?,7-,8+,9?;. The molecule has 6 nitrogen and oxygen atoms in total. The van der Waals surface area contributed by atoms with E-state index in [1.54, 1.807) is 0 Å². The lowest BCUT2D eigenvalue weighted by Crippen LogP contribution is -2.62. The molecular weight excluding hydrogens is 258 g/mol. The van der Waals surface area contributed by atoms with Gasteiger partial charge in [0, 0.05) is 18.0 Å². The van der Waals surface area contributed by atoms with Crippen LogP contribution in [0.3, 0.4) is 0 Å². The van der Waals surface area contributed by atoms with Gasteiger partial charge in [-0.25, -0.2) is 0 Å². The lowest BCUT2D eigenvalue weighted by molar-refractivity contribution is -0.144. The SMILES string of the molecule is CS(=O)(=O)O.O=C1CN2[C@@H]3CC(O)C[C@H]2CC1C3. The molecule has 18 heavy (non-hydrogen) atoms. The van der Waals surface area contributed by atoms with Crippen LogP contribution in [0, 0.1) is 5.92 Å². The van der Waals surface area contributed by atoms with Crippen molar-refractivity contribution in [3.8, 4) is 0 Å². The largest absolute Gasteiger partial charge is 0.393 e. The molecule has 4 heterocycles. The number of carbonyl (C=O) groups excluding carboxylic acids is 1. The Kier molecular flexibility index (Phi) is 3.77. The van der Waals surface area contributed by atoms with Crippen LogP contribution in [0.2, 0.25) is 0 Å². The topological polar surface area (TPSA) is 94.9 Å². The Morgan fingerprint density at radius 3 is 2.00 bits per heavy atom. The zero-order valence-corrected chi connectivity index (χ0v) is 11.1. The van der Waals surface area contributed by atoms with Crippen molar-refractivity contribution in [1.29, 1.82) is 0 Å². The Hall–Kier alpha value is -0.500. The van der Waals surface area contributed by atoms with Crippen molar-refractivity contribution in [3.63, 3.8) is 0 Å². The first kappa shape index (κ1) is 13.9. The monoisotopic (exact) mass is 277 g/mol. The van der Waals surface area contributed by atoms with E-state index < -0.39 is 10.1 Å². The first-order valence-electron chi connectivity index (χ1n) is 6.13. The smallest absolute Gasteiger partial charge is 0.261 e. The molecule has 0 aliphatic carbocycles. The Morgan fingerprint density at radius 2 is 1.61 bits per heavy atom. The first-order valence-corrected chi connectivity index (χ1v) is 7.98. The average molecular weight is 277 g/mol. The molecule has 0 saturated carbocycles. The van der Waals surface area contributed by atoms with Gasteiger partial charge in [-0.15, -0.1) is 0 Å². The second-order valence-electron chi connectivity index (χ2n) is 5.47. The third-order valence-electron chi connectivity index (χ3n) is 3.93. The minimum absolute atomic E-state index is 0.111. The van der Waals surface area contributed by atoms with E-state index in [4.69, 9.17) is 4.55 Å². The fraction of sp³-hybridized carbons (Fsp3) is 0.909.